The van der Waals surface area contributed by atoms with Crippen LogP contribution in [0.3, 0.4) is 0 Å². The summed E-state index contributed by atoms with van der Waals surface area (Å²) in [5, 5.41) is 0.455. The van der Waals surface area contributed by atoms with Crippen LogP contribution in [0.15, 0.2) is 40.0 Å². The van der Waals surface area contributed by atoms with Gasteiger partial charge in [-0.2, -0.15) is 0 Å². The highest BCUT2D eigenvalue weighted by Gasteiger charge is 2.32. The molecule has 0 aromatic heterocycles. The van der Waals surface area contributed by atoms with Crippen molar-refractivity contribution >= 4 is 28.4 Å². The molecule has 0 unspecified atom stereocenters. The summed E-state index contributed by atoms with van der Waals surface area (Å²) in [4.78, 5) is 20.7. The van der Waals surface area contributed by atoms with Crippen molar-refractivity contribution in [1.29, 1.82) is 0 Å². The molecule has 4 N–H and O–H groups in total. The number of carbonyl (C=O) groups is 1. The quantitative estimate of drug-likeness (QED) is 0.622. The third-order valence-electron chi connectivity index (χ3n) is 4.21. The van der Waals surface area contributed by atoms with Crippen LogP contribution in [0.25, 0.3) is 0 Å². The van der Waals surface area contributed by atoms with E-state index in [-0.39, 0.29) is 23.7 Å². The summed E-state index contributed by atoms with van der Waals surface area (Å²) < 4.78 is 14.4. The number of hydrogen-bond donors (Lipinski definition) is 2. The number of aliphatic imine (C=N–C) groups is 2. The number of hydrogen-bond acceptors (Lipinski definition) is 6. The zero-order valence-corrected chi connectivity index (χ0v) is 15.5. The van der Waals surface area contributed by atoms with Gasteiger partial charge in [-0.3, -0.25) is 14.8 Å². The highest BCUT2D eigenvalue weighted by Crippen LogP contribution is 2.36. The Hall–Kier alpha value is -2.15. The summed E-state index contributed by atoms with van der Waals surface area (Å²) >= 11 is 1.46. The zero-order chi connectivity index (χ0) is 18.6. The smallest absolute Gasteiger partial charge is 0.182 e. The molecule has 0 aliphatic carbocycles. The van der Waals surface area contributed by atoms with Crippen molar-refractivity contribution in [3.8, 4) is 0 Å². The fraction of sp³-hybridized carbons (Fsp3) is 0.389. The molecule has 1 aliphatic heterocycles. The van der Waals surface area contributed by atoms with Crippen LogP contribution in [0.2, 0.25) is 0 Å². The van der Waals surface area contributed by atoms with Crippen molar-refractivity contribution < 1.29 is 9.18 Å². The van der Waals surface area contributed by atoms with Gasteiger partial charge in [0, 0.05) is 30.5 Å². The van der Waals surface area contributed by atoms with Gasteiger partial charge in [-0.05, 0) is 44.0 Å². The lowest BCUT2D eigenvalue weighted by Gasteiger charge is -2.30. The van der Waals surface area contributed by atoms with Crippen molar-refractivity contribution in [2.45, 2.75) is 32.2 Å². The van der Waals surface area contributed by atoms with Crippen molar-refractivity contribution in [3.63, 3.8) is 0 Å². The molecule has 1 aromatic carbocycles. The average molecular weight is 362 g/mol. The third kappa shape index (κ3) is 4.69. The van der Waals surface area contributed by atoms with Crippen LogP contribution >= 0.6 is 11.8 Å². The van der Waals surface area contributed by atoms with Crippen LogP contribution in [0.4, 0.5) is 4.39 Å². The molecule has 5 nitrogen and oxygen atoms in total. The number of allylic oxidation sites excluding steroid dienone is 2. The summed E-state index contributed by atoms with van der Waals surface area (Å²) in [5.41, 5.74) is 12.9. The Kier molecular flexibility index (Phi) is 6.00. The Morgan fingerprint density at radius 2 is 2.24 bits per heavy atom. The van der Waals surface area contributed by atoms with Gasteiger partial charge in [0.15, 0.2) is 11.0 Å². The summed E-state index contributed by atoms with van der Waals surface area (Å²) in [7, 11) is 1.63. The Labute approximate surface area is 151 Å². The number of thioether (sulfide) groups is 1. The molecule has 0 radical (unpaired) electrons. The number of nitrogens with two attached hydrogens (primary N) is 2. The molecule has 1 heterocycles. The molecule has 0 bridgehead atoms. The minimum Gasteiger partial charge on any atom is -0.396 e. The molecule has 7 heteroatoms. The normalized spacial score (nSPS) is 21.8. The van der Waals surface area contributed by atoms with Crippen LogP contribution in [-0.2, 0) is 16.8 Å². The van der Waals surface area contributed by atoms with E-state index in [4.69, 9.17) is 11.5 Å². The number of benzene rings is 1. The number of carbonyl (C=O) groups excluding carboxylic acids is 1. The maximum absolute atomic E-state index is 14.4. The van der Waals surface area contributed by atoms with E-state index in [0.29, 0.717) is 28.4 Å². The molecule has 25 heavy (non-hydrogen) atoms. The maximum Gasteiger partial charge on any atom is 0.182 e. The molecule has 1 aliphatic rings. The molecule has 2 rings (SSSR count). The molecular formula is C18H23FN4OS. The topological polar surface area (TPSA) is 93.8 Å². The van der Waals surface area contributed by atoms with E-state index in [9.17, 15) is 9.18 Å². The van der Waals surface area contributed by atoms with Gasteiger partial charge in [-0.25, -0.2) is 4.39 Å². The van der Waals surface area contributed by atoms with Crippen LogP contribution in [0.1, 0.15) is 31.4 Å². The van der Waals surface area contributed by atoms with Crippen molar-refractivity contribution in [1.82, 2.24) is 0 Å². The first kappa shape index (κ1) is 19.2. The minimum absolute atomic E-state index is 0.0939. The van der Waals surface area contributed by atoms with Crippen molar-refractivity contribution in [3.05, 3.63) is 46.9 Å². The Bertz CT molecular complexity index is 772. The largest absolute Gasteiger partial charge is 0.396 e. The summed E-state index contributed by atoms with van der Waals surface area (Å²) in [6.45, 7) is 3.62. The summed E-state index contributed by atoms with van der Waals surface area (Å²) in [6.07, 6.45) is 2.31. The number of rotatable bonds is 5. The molecule has 0 saturated carbocycles. The fourth-order valence-electron chi connectivity index (χ4n) is 2.63. The van der Waals surface area contributed by atoms with E-state index in [1.165, 1.54) is 23.9 Å². The van der Waals surface area contributed by atoms with Crippen LogP contribution < -0.4 is 11.5 Å². The minimum atomic E-state index is -0.717. The molecule has 0 spiro atoms. The van der Waals surface area contributed by atoms with Gasteiger partial charge >= 0.3 is 0 Å². The second-order valence-electron chi connectivity index (χ2n) is 6.20. The number of Topliss-reactive ketones (excluding diaryl/α,β-unsaturated/α-hetero) is 1. The van der Waals surface area contributed by atoms with Gasteiger partial charge in [0.25, 0.3) is 0 Å². The molecule has 0 fully saturated rings. The SMILES string of the molecule is CN=C(C)C=C(N)C(=O)Cc1ccc(F)c([C@]2(C)CCSC(N)=N2)c1. The van der Waals surface area contributed by atoms with E-state index in [1.54, 1.807) is 26.1 Å². The molecule has 0 saturated heterocycles. The van der Waals surface area contributed by atoms with E-state index in [1.807, 2.05) is 6.92 Å². The predicted molar refractivity (Wildman–Crippen MR) is 102 cm³/mol. The van der Waals surface area contributed by atoms with E-state index in [2.05, 4.69) is 9.98 Å². The highest BCUT2D eigenvalue weighted by atomic mass is 32.2. The fourth-order valence-corrected chi connectivity index (χ4v) is 3.61. The van der Waals surface area contributed by atoms with Crippen molar-refractivity contribution in [2.75, 3.05) is 12.8 Å². The second kappa shape index (κ2) is 7.82. The first-order valence-corrected chi connectivity index (χ1v) is 8.94. The number of amidine groups is 1. The number of ketones is 1. The molecular weight excluding hydrogens is 339 g/mol. The maximum atomic E-state index is 14.4. The van der Waals surface area contributed by atoms with Crippen LogP contribution in [-0.4, -0.2) is 29.5 Å². The predicted octanol–water partition coefficient (Wildman–Crippen LogP) is 2.54. The van der Waals surface area contributed by atoms with Gasteiger partial charge < -0.3 is 11.5 Å². The molecule has 134 valence electrons. The average Bonchev–Trinajstić information content (AvgIpc) is 2.56. The highest BCUT2D eigenvalue weighted by molar-refractivity contribution is 8.13. The van der Waals surface area contributed by atoms with Crippen LogP contribution in [0, 0.1) is 5.82 Å². The van der Waals surface area contributed by atoms with Gasteiger partial charge in [-0.15, -0.1) is 0 Å². The number of halogens is 1. The third-order valence-corrected chi connectivity index (χ3v) is 5.01. The Balaban J connectivity index is 2.29. The first-order valence-electron chi connectivity index (χ1n) is 7.96. The van der Waals surface area contributed by atoms with Gasteiger partial charge in [0.1, 0.15) is 5.82 Å². The van der Waals surface area contributed by atoms with Gasteiger partial charge in [0.05, 0.1) is 11.2 Å². The second-order valence-corrected chi connectivity index (χ2v) is 7.32. The van der Waals surface area contributed by atoms with E-state index < -0.39 is 5.54 Å². The first-order chi connectivity index (χ1) is 11.7. The summed E-state index contributed by atoms with van der Waals surface area (Å²) in [5.74, 6) is 0.201. The lowest BCUT2D eigenvalue weighted by atomic mass is 9.87. The monoisotopic (exact) mass is 362 g/mol. The van der Waals surface area contributed by atoms with Crippen molar-refractivity contribution in [2.24, 2.45) is 21.5 Å². The van der Waals surface area contributed by atoms with Crippen LogP contribution in [0.5, 0.6) is 0 Å². The zero-order valence-electron chi connectivity index (χ0n) is 14.7. The van der Waals surface area contributed by atoms with E-state index in [0.717, 1.165) is 5.75 Å². The van der Waals surface area contributed by atoms with Gasteiger partial charge in [0.2, 0.25) is 0 Å². The Morgan fingerprint density at radius 3 is 2.88 bits per heavy atom. The van der Waals surface area contributed by atoms with Gasteiger partial charge in [-0.1, -0.05) is 17.8 Å². The Morgan fingerprint density at radius 1 is 1.52 bits per heavy atom. The molecule has 1 aromatic rings. The lowest BCUT2D eigenvalue weighted by Crippen LogP contribution is -2.30. The number of nitrogens with zero attached hydrogens (tertiary/aromatic N) is 2. The summed E-state index contributed by atoms with van der Waals surface area (Å²) in [6, 6.07) is 4.65. The lowest BCUT2D eigenvalue weighted by molar-refractivity contribution is -0.115. The standard InChI is InChI=1S/C18H23FN4OS/c1-11(22-3)8-15(20)16(24)10-12-4-5-14(19)13(9-12)18(2)6-7-25-17(21)23-18/h4-5,8-9H,6-7,10,20H2,1-3H3,(H2,21,23)/t18-/m0/s1. The van der Waals surface area contributed by atoms with E-state index >= 15 is 0 Å². The molecule has 1 atom stereocenters. The molecule has 0 amide bonds.